The Balaban J connectivity index is 1.60. The Morgan fingerprint density at radius 3 is 2.42 bits per heavy atom. The molecule has 1 aromatic carbocycles. The van der Waals surface area contributed by atoms with Crippen molar-refractivity contribution in [2.24, 2.45) is 0 Å². The van der Waals surface area contributed by atoms with Gasteiger partial charge < -0.3 is 14.8 Å². The van der Waals surface area contributed by atoms with E-state index in [0.717, 1.165) is 31.7 Å². The van der Waals surface area contributed by atoms with Gasteiger partial charge >= 0.3 is 0 Å². The standard InChI is InChI=1S/C14H17F2NO2/c15-10-1-2-13(12(16)9-10)17-11-3-5-14(6-4-11)18-7-8-19-14/h1-2,9,11,17H,3-8H2. The van der Waals surface area contributed by atoms with Crippen LogP contribution in [0.25, 0.3) is 0 Å². The first kappa shape index (κ1) is 12.8. The van der Waals surface area contributed by atoms with E-state index in [9.17, 15) is 8.78 Å². The van der Waals surface area contributed by atoms with Crippen LogP contribution in [0.3, 0.4) is 0 Å². The first-order valence-corrected chi connectivity index (χ1v) is 6.66. The van der Waals surface area contributed by atoms with Crippen molar-refractivity contribution >= 4 is 5.69 Å². The molecule has 0 aromatic heterocycles. The van der Waals surface area contributed by atoms with Crippen LogP contribution in [-0.2, 0) is 9.47 Å². The topological polar surface area (TPSA) is 30.5 Å². The predicted octanol–water partition coefficient (Wildman–Crippen LogP) is 3.06. The fourth-order valence-electron chi connectivity index (χ4n) is 2.81. The molecule has 1 spiro atoms. The third-order valence-corrected chi connectivity index (χ3v) is 3.85. The van der Waals surface area contributed by atoms with Gasteiger partial charge in [0.05, 0.1) is 18.9 Å². The van der Waals surface area contributed by atoms with Gasteiger partial charge in [-0.15, -0.1) is 0 Å². The Bertz CT molecular complexity index is 451. The Morgan fingerprint density at radius 1 is 1.11 bits per heavy atom. The largest absolute Gasteiger partial charge is 0.380 e. The van der Waals surface area contributed by atoms with Crippen LogP contribution in [0.4, 0.5) is 14.5 Å². The van der Waals surface area contributed by atoms with Crippen molar-refractivity contribution < 1.29 is 18.3 Å². The Morgan fingerprint density at radius 2 is 1.79 bits per heavy atom. The quantitative estimate of drug-likeness (QED) is 0.895. The second-order valence-corrected chi connectivity index (χ2v) is 5.15. The number of ether oxygens (including phenoxy) is 2. The Hall–Kier alpha value is -1.20. The Kier molecular flexibility index (Phi) is 3.41. The van der Waals surface area contributed by atoms with Crippen molar-refractivity contribution in [1.82, 2.24) is 0 Å². The summed E-state index contributed by atoms with van der Waals surface area (Å²) in [5.74, 6) is -1.51. The molecule has 1 N–H and O–H groups in total. The van der Waals surface area contributed by atoms with Crippen molar-refractivity contribution in [1.29, 1.82) is 0 Å². The fraction of sp³-hybridized carbons (Fsp3) is 0.571. The number of nitrogens with one attached hydrogen (secondary N) is 1. The molecule has 1 aliphatic carbocycles. The van der Waals surface area contributed by atoms with E-state index < -0.39 is 17.4 Å². The third-order valence-electron chi connectivity index (χ3n) is 3.85. The number of rotatable bonds is 2. The van der Waals surface area contributed by atoms with Gasteiger partial charge in [0.15, 0.2) is 5.79 Å². The molecule has 0 amide bonds. The SMILES string of the molecule is Fc1ccc(NC2CCC3(CC2)OCCO3)c(F)c1. The van der Waals surface area contributed by atoms with Crippen LogP contribution >= 0.6 is 0 Å². The van der Waals surface area contributed by atoms with Crippen LogP contribution in [0.15, 0.2) is 18.2 Å². The molecule has 1 aromatic rings. The molecule has 19 heavy (non-hydrogen) atoms. The van der Waals surface area contributed by atoms with Crippen molar-refractivity contribution in [3.63, 3.8) is 0 Å². The highest BCUT2D eigenvalue weighted by Crippen LogP contribution is 2.36. The average molecular weight is 269 g/mol. The van der Waals surface area contributed by atoms with Crippen molar-refractivity contribution in [2.75, 3.05) is 18.5 Å². The van der Waals surface area contributed by atoms with Crippen LogP contribution in [0.5, 0.6) is 0 Å². The molecule has 2 aliphatic rings. The average Bonchev–Trinajstić information content (AvgIpc) is 2.84. The minimum atomic E-state index is -0.557. The fourth-order valence-corrected chi connectivity index (χ4v) is 2.81. The molecule has 3 nitrogen and oxygen atoms in total. The van der Waals surface area contributed by atoms with Gasteiger partial charge in [0.1, 0.15) is 11.6 Å². The number of hydrogen-bond donors (Lipinski definition) is 1. The minimum Gasteiger partial charge on any atom is -0.380 e. The summed E-state index contributed by atoms with van der Waals surface area (Å²) in [6.07, 6.45) is 3.34. The zero-order valence-corrected chi connectivity index (χ0v) is 10.6. The monoisotopic (exact) mass is 269 g/mol. The minimum absolute atomic E-state index is 0.179. The van der Waals surface area contributed by atoms with Gasteiger partial charge in [-0.2, -0.15) is 0 Å². The van der Waals surface area contributed by atoms with E-state index in [1.807, 2.05) is 0 Å². The van der Waals surface area contributed by atoms with E-state index in [4.69, 9.17) is 9.47 Å². The molecule has 104 valence electrons. The summed E-state index contributed by atoms with van der Waals surface area (Å²) in [5.41, 5.74) is 0.357. The lowest BCUT2D eigenvalue weighted by Gasteiger charge is -2.36. The van der Waals surface area contributed by atoms with E-state index in [-0.39, 0.29) is 6.04 Å². The highest BCUT2D eigenvalue weighted by atomic mass is 19.1. The molecule has 0 atom stereocenters. The molecular formula is C14H17F2NO2. The zero-order chi connectivity index (χ0) is 13.3. The molecule has 5 heteroatoms. The van der Waals surface area contributed by atoms with Gasteiger partial charge in [-0.1, -0.05) is 0 Å². The van der Waals surface area contributed by atoms with E-state index in [0.29, 0.717) is 18.9 Å². The van der Waals surface area contributed by atoms with Gasteiger partial charge in [0, 0.05) is 24.9 Å². The third kappa shape index (κ3) is 2.72. The normalized spacial score (nSPS) is 22.8. The lowest BCUT2D eigenvalue weighted by atomic mass is 9.90. The molecule has 1 heterocycles. The lowest BCUT2D eigenvalue weighted by Crippen LogP contribution is -2.39. The summed E-state index contributed by atoms with van der Waals surface area (Å²) in [6.45, 7) is 1.31. The second kappa shape index (κ2) is 5.06. The molecule has 2 fully saturated rings. The van der Waals surface area contributed by atoms with Crippen LogP contribution in [-0.4, -0.2) is 25.0 Å². The molecule has 3 rings (SSSR count). The van der Waals surface area contributed by atoms with Gasteiger partial charge in [-0.3, -0.25) is 0 Å². The van der Waals surface area contributed by atoms with E-state index in [2.05, 4.69) is 5.32 Å². The van der Waals surface area contributed by atoms with Gasteiger partial charge in [0.25, 0.3) is 0 Å². The van der Waals surface area contributed by atoms with E-state index >= 15 is 0 Å². The highest BCUT2D eigenvalue weighted by molar-refractivity contribution is 5.45. The van der Waals surface area contributed by atoms with Crippen molar-refractivity contribution in [3.05, 3.63) is 29.8 Å². The van der Waals surface area contributed by atoms with E-state index in [1.54, 1.807) is 0 Å². The number of halogens is 2. The zero-order valence-electron chi connectivity index (χ0n) is 10.6. The van der Waals surface area contributed by atoms with Crippen LogP contribution in [0.2, 0.25) is 0 Å². The van der Waals surface area contributed by atoms with Crippen molar-refractivity contribution in [3.8, 4) is 0 Å². The Labute approximate surface area is 110 Å². The van der Waals surface area contributed by atoms with Crippen LogP contribution < -0.4 is 5.32 Å². The smallest absolute Gasteiger partial charge is 0.168 e. The molecule has 0 radical (unpaired) electrons. The summed E-state index contributed by atoms with van der Waals surface area (Å²) >= 11 is 0. The molecule has 1 saturated heterocycles. The van der Waals surface area contributed by atoms with Crippen molar-refractivity contribution in [2.45, 2.75) is 37.5 Å². The van der Waals surface area contributed by atoms with Crippen LogP contribution in [0.1, 0.15) is 25.7 Å². The summed E-state index contributed by atoms with van der Waals surface area (Å²) in [7, 11) is 0. The predicted molar refractivity (Wildman–Crippen MR) is 66.9 cm³/mol. The summed E-state index contributed by atoms with van der Waals surface area (Å²) in [6, 6.07) is 3.78. The molecule has 0 unspecified atom stereocenters. The number of anilines is 1. The van der Waals surface area contributed by atoms with Crippen LogP contribution in [0, 0.1) is 11.6 Å². The highest BCUT2D eigenvalue weighted by Gasteiger charge is 2.40. The maximum Gasteiger partial charge on any atom is 0.168 e. The first-order valence-electron chi connectivity index (χ1n) is 6.66. The maximum absolute atomic E-state index is 13.5. The molecule has 1 saturated carbocycles. The second-order valence-electron chi connectivity index (χ2n) is 5.15. The van der Waals surface area contributed by atoms with Gasteiger partial charge in [0.2, 0.25) is 0 Å². The number of benzene rings is 1. The van der Waals surface area contributed by atoms with Gasteiger partial charge in [-0.05, 0) is 25.0 Å². The molecule has 0 bridgehead atoms. The molecule has 1 aliphatic heterocycles. The van der Waals surface area contributed by atoms with E-state index in [1.165, 1.54) is 12.1 Å². The summed E-state index contributed by atoms with van der Waals surface area (Å²) in [4.78, 5) is 0. The summed E-state index contributed by atoms with van der Waals surface area (Å²) < 4.78 is 37.7. The lowest BCUT2D eigenvalue weighted by molar-refractivity contribution is -0.177. The molecular weight excluding hydrogens is 252 g/mol. The van der Waals surface area contributed by atoms with Gasteiger partial charge in [-0.25, -0.2) is 8.78 Å². The summed E-state index contributed by atoms with van der Waals surface area (Å²) in [5, 5.41) is 3.13. The number of hydrogen-bond acceptors (Lipinski definition) is 3. The first-order chi connectivity index (χ1) is 9.17. The maximum atomic E-state index is 13.5.